The summed E-state index contributed by atoms with van der Waals surface area (Å²) in [6.07, 6.45) is 3.88. The molecule has 19 heavy (non-hydrogen) atoms. The fourth-order valence-electron chi connectivity index (χ4n) is 2.78. The number of likely N-dealkylation sites (tertiary alicyclic amines) is 1. The number of hydrogen-bond acceptors (Lipinski definition) is 3. The minimum Gasteiger partial charge on any atom is -0.377 e. The molecule has 2 unspecified atom stereocenters. The molecule has 1 aromatic carbocycles. The van der Waals surface area contributed by atoms with E-state index in [9.17, 15) is 0 Å². The van der Waals surface area contributed by atoms with Gasteiger partial charge < -0.3 is 15.4 Å². The Hall–Kier alpha value is -0.900. The lowest BCUT2D eigenvalue weighted by molar-refractivity contribution is 0.00530. The van der Waals surface area contributed by atoms with E-state index < -0.39 is 0 Å². The number of piperidine rings is 1. The van der Waals surface area contributed by atoms with Crippen LogP contribution in [0.3, 0.4) is 0 Å². The molecule has 0 spiro atoms. The molecule has 106 valence electrons. The number of hydrogen-bond donors (Lipinski definition) is 1. The average Bonchev–Trinajstić information content (AvgIpc) is 2.46. The van der Waals surface area contributed by atoms with Gasteiger partial charge in [-0.2, -0.15) is 0 Å². The van der Waals surface area contributed by atoms with Crippen LogP contribution in [0.4, 0.5) is 0 Å². The Balaban J connectivity index is 1.75. The zero-order valence-corrected chi connectivity index (χ0v) is 11.9. The fraction of sp³-hybridized carbons (Fsp3) is 0.625. The van der Waals surface area contributed by atoms with Crippen LogP contribution in [-0.2, 0) is 4.74 Å². The number of benzene rings is 1. The molecular weight excluding hydrogens is 236 g/mol. The molecule has 3 heteroatoms. The zero-order valence-electron chi connectivity index (χ0n) is 11.9. The first-order valence-corrected chi connectivity index (χ1v) is 7.44. The van der Waals surface area contributed by atoms with Crippen LogP contribution in [0.2, 0.25) is 0 Å². The van der Waals surface area contributed by atoms with Crippen LogP contribution in [-0.4, -0.2) is 37.2 Å². The van der Waals surface area contributed by atoms with E-state index in [0.717, 1.165) is 26.1 Å². The Morgan fingerprint density at radius 2 is 2.16 bits per heavy atom. The van der Waals surface area contributed by atoms with E-state index in [1.807, 2.05) is 6.07 Å². The van der Waals surface area contributed by atoms with Crippen LogP contribution in [0.25, 0.3) is 0 Å². The zero-order chi connectivity index (χ0) is 13.5. The van der Waals surface area contributed by atoms with Crippen molar-refractivity contribution in [1.82, 2.24) is 4.90 Å². The third-order valence-electron chi connectivity index (χ3n) is 3.85. The molecule has 3 nitrogen and oxygen atoms in total. The molecular formula is C16H26N2O. The summed E-state index contributed by atoms with van der Waals surface area (Å²) in [5.41, 5.74) is 7.48. The standard InChI is InChI=1S/C16H26N2O/c1-2-19-15-9-6-11-18(13-15)12-10-16(17)14-7-4-3-5-8-14/h3-5,7-8,15-16H,2,6,9-13,17H2,1H3. The molecule has 1 fully saturated rings. The minimum absolute atomic E-state index is 0.147. The summed E-state index contributed by atoms with van der Waals surface area (Å²) >= 11 is 0. The first kappa shape index (κ1) is 14.5. The minimum atomic E-state index is 0.147. The molecule has 0 saturated carbocycles. The van der Waals surface area contributed by atoms with Crippen LogP contribution in [0, 0.1) is 0 Å². The lowest BCUT2D eigenvalue weighted by atomic mass is 10.0. The summed E-state index contributed by atoms with van der Waals surface area (Å²) in [4.78, 5) is 2.49. The molecule has 0 bridgehead atoms. The Kier molecular flexibility index (Phi) is 5.83. The van der Waals surface area contributed by atoms with Crippen molar-refractivity contribution in [3.8, 4) is 0 Å². The maximum absolute atomic E-state index is 6.25. The molecule has 2 atom stereocenters. The smallest absolute Gasteiger partial charge is 0.0702 e. The van der Waals surface area contributed by atoms with E-state index >= 15 is 0 Å². The molecule has 0 amide bonds. The largest absolute Gasteiger partial charge is 0.377 e. The van der Waals surface area contributed by atoms with Gasteiger partial charge in [0.2, 0.25) is 0 Å². The van der Waals surface area contributed by atoms with Crippen LogP contribution in [0.15, 0.2) is 30.3 Å². The van der Waals surface area contributed by atoms with Gasteiger partial charge in [-0.3, -0.25) is 0 Å². The molecule has 2 rings (SSSR count). The van der Waals surface area contributed by atoms with E-state index in [-0.39, 0.29) is 6.04 Å². The van der Waals surface area contributed by atoms with E-state index in [4.69, 9.17) is 10.5 Å². The van der Waals surface area contributed by atoms with E-state index in [2.05, 4.69) is 36.1 Å². The third kappa shape index (κ3) is 4.60. The van der Waals surface area contributed by atoms with Gasteiger partial charge in [-0.25, -0.2) is 0 Å². The predicted molar refractivity (Wildman–Crippen MR) is 79.1 cm³/mol. The van der Waals surface area contributed by atoms with Crippen molar-refractivity contribution in [2.75, 3.05) is 26.2 Å². The summed E-state index contributed by atoms with van der Waals surface area (Å²) in [5, 5.41) is 0. The molecule has 1 aromatic rings. The van der Waals surface area contributed by atoms with Crippen molar-refractivity contribution in [2.24, 2.45) is 5.73 Å². The van der Waals surface area contributed by atoms with Gasteiger partial charge in [0.1, 0.15) is 0 Å². The van der Waals surface area contributed by atoms with Crippen molar-refractivity contribution in [1.29, 1.82) is 0 Å². The number of ether oxygens (including phenoxy) is 1. The number of nitrogens with two attached hydrogens (primary N) is 1. The Morgan fingerprint density at radius 1 is 1.37 bits per heavy atom. The Morgan fingerprint density at radius 3 is 2.89 bits per heavy atom. The quantitative estimate of drug-likeness (QED) is 0.856. The number of nitrogens with zero attached hydrogens (tertiary/aromatic N) is 1. The normalized spacial score (nSPS) is 22.3. The van der Waals surface area contributed by atoms with Crippen molar-refractivity contribution in [3.05, 3.63) is 35.9 Å². The van der Waals surface area contributed by atoms with Gasteiger partial charge in [0.25, 0.3) is 0 Å². The molecule has 1 saturated heterocycles. The predicted octanol–water partition coefficient (Wildman–Crippen LogP) is 2.58. The van der Waals surface area contributed by atoms with E-state index in [0.29, 0.717) is 6.10 Å². The van der Waals surface area contributed by atoms with Gasteiger partial charge in [-0.1, -0.05) is 30.3 Å². The summed E-state index contributed by atoms with van der Waals surface area (Å²) in [6.45, 7) is 6.21. The van der Waals surface area contributed by atoms with Crippen LogP contribution >= 0.6 is 0 Å². The molecule has 0 radical (unpaired) electrons. The second-order valence-electron chi connectivity index (χ2n) is 5.33. The first-order valence-electron chi connectivity index (χ1n) is 7.44. The van der Waals surface area contributed by atoms with Crippen molar-refractivity contribution < 1.29 is 4.74 Å². The van der Waals surface area contributed by atoms with Crippen LogP contribution in [0.5, 0.6) is 0 Å². The monoisotopic (exact) mass is 262 g/mol. The van der Waals surface area contributed by atoms with Gasteiger partial charge in [-0.05, 0) is 38.3 Å². The van der Waals surface area contributed by atoms with Gasteiger partial charge >= 0.3 is 0 Å². The second-order valence-corrected chi connectivity index (χ2v) is 5.33. The Labute approximate surface area is 116 Å². The summed E-state index contributed by atoms with van der Waals surface area (Å²) in [5.74, 6) is 0. The molecule has 0 aromatic heterocycles. The van der Waals surface area contributed by atoms with Crippen molar-refractivity contribution >= 4 is 0 Å². The average molecular weight is 262 g/mol. The Bertz CT molecular complexity index is 353. The van der Waals surface area contributed by atoms with E-state index in [1.165, 1.54) is 24.9 Å². The lowest BCUT2D eigenvalue weighted by Gasteiger charge is -2.33. The van der Waals surface area contributed by atoms with Gasteiger partial charge in [0.05, 0.1) is 6.10 Å². The highest BCUT2D eigenvalue weighted by Gasteiger charge is 2.20. The van der Waals surface area contributed by atoms with Gasteiger partial charge in [0, 0.05) is 25.7 Å². The van der Waals surface area contributed by atoms with Gasteiger partial charge in [-0.15, -0.1) is 0 Å². The first-order chi connectivity index (χ1) is 9.29. The summed E-state index contributed by atoms with van der Waals surface area (Å²) < 4.78 is 5.73. The molecule has 0 aliphatic carbocycles. The van der Waals surface area contributed by atoms with Crippen molar-refractivity contribution in [2.45, 2.75) is 38.3 Å². The van der Waals surface area contributed by atoms with Gasteiger partial charge in [0.15, 0.2) is 0 Å². The maximum atomic E-state index is 6.25. The summed E-state index contributed by atoms with van der Waals surface area (Å²) in [7, 11) is 0. The highest BCUT2D eigenvalue weighted by atomic mass is 16.5. The lowest BCUT2D eigenvalue weighted by Crippen LogP contribution is -2.40. The van der Waals surface area contributed by atoms with Crippen LogP contribution in [0.1, 0.15) is 37.8 Å². The fourth-order valence-corrected chi connectivity index (χ4v) is 2.78. The molecule has 1 heterocycles. The highest BCUT2D eigenvalue weighted by molar-refractivity contribution is 5.18. The number of rotatable bonds is 6. The molecule has 1 aliphatic heterocycles. The third-order valence-corrected chi connectivity index (χ3v) is 3.85. The molecule has 1 aliphatic rings. The van der Waals surface area contributed by atoms with Crippen LogP contribution < -0.4 is 5.73 Å². The van der Waals surface area contributed by atoms with Crippen molar-refractivity contribution in [3.63, 3.8) is 0 Å². The molecule has 2 N–H and O–H groups in total. The summed E-state index contributed by atoms with van der Waals surface area (Å²) in [6, 6.07) is 10.5. The maximum Gasteiger partial charge on any atom is 0.0702 e. The second kappa shape index (κ2) is 7.63. The van der Waals surface area contributed by atoms with E-state index in [1.54, 1.807) is 0 Å². The SMILES string of the molecule is CCOC1CCCN(CCC(N)c2ccccc2)C1. The highest BCUT2D eigenvalue weighted by Crippen LogP contribution is 2.17. The topological polar surface area (TPSA) is 38.5 Å².